The molecule has 0 aliphatic carbocycles. The number of anilines is 1. The molecule has 0 spiro atoms. The van der Waals surface area contributed by atoms with E-state index in [4.69, 9.17) is 0 Å². The van der Waals surface area contributed by atoms with E-state index in [-0.39, 0.29) is 11.8 Å². The summed E-state index contributed by atoms with van der Waals surface area (Å²) in [7, 11) is 0. The minimum atomic E-state index is -0.261. The Hall–Kier alpha value is -3.13. The summed E-state index contributed by atoms with van der Waals surface area (Å²) in [6.45, 7) is 4.64. The van der Waals surface area contributed by atoms with Crippen molar-refractivity contribution in [2.75, 3.05) is 11.9 Å². The minimum absolute atomic E-state index is 0.200. The highest BCUT2D eigenvalue weighted by Crippen LogP contribution is 2.20. The summed E-state index contributed by atoms with van der Waals surface area (Å²) in [5.41, 5.74) is 2.53. The molecule has 3 rings (SSSR count). The van der Waals surface area contributed by atoms with Gasteiger partial charge < -0.3 is 10.6 Å². The number of carbonyl (C=O) groups excluding carboxylic acids is 2. The number of nitrogens with zero attached hydrogens (tertiary/aromatic N) is 2. The molecule has 3 N–H and O–H groups in total. The standard InChI is InChI=1S/C21H23N5O2S/c1-14(2)11-22-20(28)17-5-3-4-6-18(17)25-19(27)16-9-7-15(8-10-16)12-29-21-23-13-24-26-21/h3-10,13-14H,11-12H2,1-2H3,(H,22,28)(H,25,27)(H,23,24,26). The Bertz CT molecular complexity index is 955. The first-order chi connectivity index (χ1) is 14.0. The maximum absolute atomic E-state index is 12.6. The quantitative estimate of drug-likeness (QED) is 0.492. The number of thioether (sulfide) groups is 1. The highest BCUT2D eigenvalue weighted by atomic mass is 32.2. The third kappa shape index (κ3) is 5.92. The van der Waals surface area contributed by atoms with Gasteiger partial charge in [0, 0.05) is 17.9 Å². The average molecular weight is 410 g/mol. The average Bonchev–Trinajstić information content (AvgIpc) is 3.25. The number of aromatic nitrogens is 3. The largest absolute Gasteiger partial charge is 0.352 e. The smallest absolute Gasteiger partial charge is 0.255 e. The van der Waals surface area contributed by atoms with Gasteiger partial charge in [-0.05, 0) is 35.7 Å². The van der Waals surface area contributed by atoms with E-state index in [2.05, 4.69) is 25.8 Å². The van der Waals surface area contributed by atoms with Crippen LogP contribution < -0.4 is 10.6 Å². The zero-order valence-corrected chi connectivity index (χ0v) is 17.1. The lowest BCUT2D eigenvalue weighted by molar-refractivity contribution is 0.0950. The Morgan fingerprint density at radius 3 is 2.52 bits per heavy atom. The van der Waals surface area contributed by atoms with E-state index in [1.807, 2.05) is 26.0 Å². The Kier molecular flexibility index (Phi) is 7.02. The molecule has 0 atom stereocenters. The normalized spacial score (nSPS) is 10.7. The zero-order chi connectivity index (χ0) is 20.6. The van der Waals surface area contributed by atoms with Crippen LogP contribution in [0, 0.1) is 5.92 Å². The van der Waals surface area contributed by atoms with Crippen molar-refractivity contribution in [3.8, 4) is 0 Å². The lowest BCUT2D eigenvalue weighted by atomic mass is 10.1. The minimum Gasteiger partial charge on any atom is -0.352 e. The Labute approximate surface area is 173 Å². The second kappa shape index (κ2) is 9.88. The fraction of sp³-hybridized carbons (Fsp3) is 0.238. The molecule has 3 aromatic rings. The van der Waals surface area contributed by atoms with Crippen LogP contribution >= 0.6 is 11.8 Å². The molecular formula is C21H23N5O2S. The lowest BCUT2D eigenvalue weighted by Gasteiger charge is -2.12. The number of carbonyl (C=O) groups is 2. The second-order valence-corrected chi connectivity index (χ2v) is 7.84. The summed E-state index contributed by atoms with van der Waals surface area (Å²) in [6, 6.07) is 14.3. The highest BCUT2D eigenvalue weighted by Gasteiger charge is 2.14. The fourth-order valence-electron chi connectivity index (χ4n) is 2.54. The van der Waals surface area contributed by atoms with Crippen molar-refractivity contribution < 1.29 is 9.59 Å². The van der Waals surface area contributed by atoms with Crippen molar-refractivity contribution in [1.82, 2.24) is 20.5 Å². The molecule has 1 heterocycles. The van der Waals surface area contributed by atoms with Crippen LogP contribution in [0.3, 0.4) is 0 Å². The van der Waals surface area contributed by atoms with E-state index in [0.717, 1.165) is 16.5 Å². The highest BCUT2D eigenvalue weighted by molar-refractivity contribution is 7.98. The zero-order valence-electron chi connectivity index (χ0n) is 16.3. The van der Waals surface area contributed by atoms with Crippen LogP contribution in [0.4, 0.5) is 5.69 Å². The van der Waals surface area contributed by atoms with E-state index in [9.17, 15) is 9.59 Å². The maximum atomic E-state index is 12.6. The molecule has 29 heavy (non-hydrogen) atoms. The molecule has 0 unspecified atom stereocenters. The van der Waals surface area contributed by atoms with Gasteiger partial charge in [0.15, 0.2) is 5.16 Å². The first kappa shape index (κ1) is 20.6. The fourth-order valence-corrected chi connectivity index (χ4v) is 3.28. The number of hydrogen-bond acceptors (Lipinski definition) is 5. The number of H-pyrrole nitrogens is 1. The van der Waals surface area contributed by atoms with Gasteiger partial charge in [-0.25, -0.2) is 4.98 Å². The Morgan fingerprint density at radius 1 is 1.07 bits per heavy atom. The third-order valence-corrected chi connectivity index (χ3v) is 5.02. The molecular weight excluding hydrogens is 386 g/mol. The lowest BCUT2D eigenvalue weighted by Crippen LogP contribution is -2.28. The molecule has 2 amide bonds. The predicted octanol–water partition coefficient (Wildman–Crippen LogP) is 3.74. The Morgan fingerprint density at radius 2 is 1.83 bits per heavy atom. The van der Waals surface area contributed by atoms with Crippen molar-refractivity contribution >= 4 is 29.3 Å². The summed E-state index contributed by atoms with van der Waals surface area (Å²) < 4.78 is 0. The summed E-state index contributed by atoms with van der Waals surface area (Å²) in [5, 5.41) is 13.1. The summed E-state index contributed by atoms with van der Waals surface area (Å²) in [4.78, 5) is 29.1. The van der Waals surface area contributed by atoms with Crippen LogP contribution in [-0.2, 0) is 5.75 Å². The number of hydrogen-bond donors (Lipinski definition) is 3. The molecule has 0 radical (unpaired) electrons. The first-order valence-corrected chi connectivity index (χ1v) is 10.3. The van der Waals surface area contributed by atoms with Gasteiger partial charge in [0.25, 0.3) is 11.8 Å². The van der Waals surface area contributed by atoms with Crippen molar-refractivity contribution in [3.63, 3.8) is 0 Å². The van der Waals surface area contributed by atoms with Crippen LogP contribution in [0.1, 0.15) is 40.1 Å². The number of rotatable bonds is 8. The van der Waals surface area contributed by atoms with Crippen LogP contribution in [0.2, 0.25) is 0 Å². The van der Waals surface area contributed by atoms with Crippen molar-refractivity contribution in [1.29, 1.82) is 0 Å². The molecule has 0 aliphatic heterocycles. The number of aromatic amines is 1. The van der Waals surface area contributed by atoms with Crippen molar-refractivity contribution in [2.45, 2.75) is 24.8 Å². The molecule has 0 saturated heterocycles. The van der Waals surface area contributed by atoms with Gasteiger partial charge in [-0.2, -0.15) is 5.10 Å². The number of benzene rings is 2. The van der Waals surface area contributed by atoms with Gasteiger partial charge in [0.1, 0.15) is 6.33 Å². The van der Waals surface area contributed by atoms with Gasteiger partial charge in [0.05, 0.1) is 11.3 Å². The molecule has 8 heteroatoms. The van der Waals surface area contributed by atoms with Gasteiger partial charge in [-0.1, -0.05) is 49.9 Å². The summed E-state index contributed by atoms with van der Waals surface area (Å²) >= 11 is 1.53. The van der Waals surface area contributed by atoms with Crippen molar-refractivity contribution in [2.24, 2.45) is 5.92 Å². The van der Waals surface area contributed by atoms with Gasteiger partial charge in [0.2, 0.25) is 0 Å². The first-order valence-electron chi connectivity index (χ1n) is 9.28. The number of nitrogens with one attached hydrogen (secondary N) is 3. The molecule has 7 nitrogen and oxygen atoms in total. The topological polar surface area (TPSA) is 99.8 Å². The van der Waals surface area contributed by atoms with E-state index in [0.29, 0.717) is 29.3 Å². The van der Waals surface area contributed by atoms with Crippen LogP contribution in [0.5, 0.6) is 0 Å². The Balaban J connectivity index is 1.63. The second-order valence-electron chi connectivity index (χ2n) is 6.88. The number of amides is 2. The van der Waals surface area contributed by atoms with E-state index in [1.165, 1.54) is 18.1 Å². The summed E-state index contributed by atoms with van der Waals surface area (Å²) in [6.07, 6.45) is 1.47. The maximum Gasteiger partial charge on any atom is 0.255 e. The van der Waals surface area contributed by atoms with Crippen LogP contribution in [0.15, 0.2) is 60.0 Å². The molecule has 0 aliphatic rings. The van der Waals surface area contributed by atoms with Crippen LogP contribution in [-0.4, -0.2) is 33.5 Å². The monoisotopic (exact) mass is 409 g/mol. The van der Waals surface area contributed by atoms with E-state index < -0.39 is 0 Å². The molecule has 0 fully saturated rings. The van der Waals surface area contributed by atoms with Gasteiger partial charge in [-0.15, -0.1) is 0 Å². The third-order valence-electron chi connectivity index (χ3n) is 4.08. The predicted molar refractivity (Wildman–Crippen MR) is 114 cm³/mol. The molecule has 150 valence electrons. The van der Waals surface area contributed by atoms with Crippen molar-refractivity contribution in [3.05, 3.63) is 71.5 Å². The molecule has 0 saturated carbocycles. The van der Waals surface area contributed by atoms with Gasteiger partial charge in [-0.3, -0.25) is 14.7 Å². The van der Waals surface area contributed by atoms with E-state index in [1.54, 1.807) is 36.4 Å². The van der Waals surface area contributed by atoms with Gasteiger partial charge >= 0.3 is 0 Å². The van der Waals surface area contributed by atoms with E-state index >= 15 is 0 Å². The molecule has 2 aromatic carbocycles. The summed E-state index contributed by atoms with van der Waals surface area (Å²) in [5.74, 6) is 0.607. The number of para-hydroxylation sites is 1. The van der Waals surface area contributed by atoms with Crippen LogP contribution in [0.25, 0.3) is 0 Å². The SMILES string of the molecule is CC(C)CNC(=O)c1ccccc1NC(=O)c1ccc(CSc2ncn[nH]2)cc1. The molecule has 1 aromatic heterocycles. The molecule has 0 bridgehead atoms.